The maximum Gasteiger partial charge on any atom is 0.158 e. The van der Waals surface area contributed by atoms with Crippen molar-refractivity contribution in [3.63, 3.8) is 0 Å². The van der Waals surface area contributed by atoms with Crippen LogP contribution in [-0.4, -0.2) is 28.5 Å². The minimum absolute atomic E-state index is 0.200. The third-order valence-electron chi connectivity index (χ3n) is 2.92. The molecule has 0 unspecified atom stereocenters. The van der Waals surface area contributed by atoms with E-state index >= 15 is 0 Å². The van der Waals surface area contributed by atoms with Crippen LogP contribution in [0.25, 0.3) is 11.1 Å². The Kier molecular flexibility index (Phi) is 3.91. The first-order chi connectivity index (χ1) is 9.99. The van der Waals surface area contributed by atoms with Crippen LogP contribution < -0.4 is 5.73 Å². The van der Waals surface area contributed by atoms with Gasteiger partial charge in [0.1, 0.15) is 16.5 Å². The van der Waals surface area contributed by atoms with Crippen LogP contribution in [0.15, 0.2) is 23.2 Å². The Hall–Kier alpha value is -2.85. The minimum atomic E-state index is -0.298. The molecule has 0 aliphatic carbocycles. The Bertz CT molecular complexity index is 834. The first kappa shape index (κ1) is 14.6. The zero-order chi connectivity index (χ0) is 15.6. The molecule has 0 amide bonds. The van der Waals surface area contributed by atoms with Crippen molar-refractivity contribution < 1.29 is 10.2 Å². The summed E-state index contributed by atoms with van der Waals surface area (Å²) < 4.78 is 0.200. The average Bonchev–Trinajstić information content (AvgIpc) is 2.44. The summed E-state index contributed by atoms with van der Waals surface area (Å²) in [6.07, 6.45) is 1.50. The topological polar surface area (TPSA) is 118 Å². The summed E-state index contributed by atoms with van der Waals surface area (Å²) >= 11 is 5.11. The quantitative estimate of drug-likeness (QED) is 0.385. The van der Waals surface area contributed by atoms with Gasteiger partial charge in [0.2, 0.25) is 0 Å². The molecule has 6 nitrogen and oxygen atoms in total. The van der Waals surface area contributed by atoms with Gasteiger partial charge >= 0.3 is 0 Å². The summed E-state index contributed by atoms with van der Waals surface area (Å²) in [7, 11) is 1.57. The van der Waals surface area contributed by atoms with E-state index < -0.39 is 0 Å². The zero-order valence-corrected chi connectivity index (χ0v) is 11.9. The van der Waals surface area contributed by atoms with Crippen molar-refractivity contribution >= 4 is 24.3 Å². The second kappa shape index (κ2) is 5.64. The third kappa shape index (κ3) is 2.57. The van der Waals surface area contributed by atoms with Gasteiger partial charge in [-0.2, -0.15) is 5.26 Å². The first-order valence-corrected chi connectivity index (χ1v) is 6.30. The number of benzene rings is 1. The molecular weight excluding hydrogens is 288 g/mol. The molecule has 0 radical (unpaired) electrons. The summed E-state index contributed by atoms with van der Waals surface area (Å²) in [5, 5.41) is 28.4. The molecule has 0 saturated carbocycles. The van der Waals surface area contributed by atoms with Gasteiger partial charge < -0.3 is 20.9 Å². The number of hydrogen-bond donors (Lipinski definition) is 4. The number of phenols is 2. The number of nitrogens with zero attached hydrogens (tertiary/aromatic N) is 2. The molecule has 5 N–H and O–H groups in total. The molecule has 1 aromatic carbocycles. The van der Waals surface area contributed by atoms with Crippen molar-refractivity contribution in [2.75, 3.05) is 12.8 Å². The van der Waals surface area contributed by atoms with Crippen LogP contribution >= 0.6 is 12.2 Å². The number of pyridine rings is 1. The molecule has 2 aromatic rings. The molecule has 0 spiro atoms. The molecule has 1 aromatic heterocycles. The SMILES string of the molecule is CN=Cc1c(N)[nH]c(=S)c(C#N)c1-c1ccc(O)c(O)c1. The average molecular weight is 300 g/mol. The van der Waals surface area contributed by atoms with Crippen LogP contribution in [0.3, 0.4) is 0 Å². The van der Waals surface area contributed by atoms with Gasteiger partial charge in [0.05, 0.1) is 5.56 Å². The molecular formula is C14H12N4O2S. The summed E-state index contributed by atoms with van der Waals surface area (Å²) in [6, 6.07) is 6.26. The number of nitrogens with one attached hydrogen (secondary N) is 1. The third-order valence-corrected chi connectivity index (χ3v) is 3.23. The Morgan fingerprint density at radius 2 is 2.10 bits per heavy atom. The number of H-pyrrole nitrogens is 1. The predicted molar refractivity (Wildman–Crippen MR) is 83.0 cm³/mol. The first-order valence-electron chi connectivity index (χ1n) is 5.90. The summed E-state index contributed by atoms with van der Waals surface area (Å²) in [5.74, 6) is -0.280. The lowest BCUT2D eigenvalue weighted by Crippen LogP contribution is -2.03. The van der Waals surface area contributed by atoms with E-state index in [-0.39, 0.29) is 27.5 Å². The van der Waals surface area contributed by atoms with E-state index in [4.69, 9.17) is 18.0 Å². The highest BCUT2D eigenvalue weighted by molar-refractivity contribution is 7.71. The molecule has 0 fully saturated rings. The fraction of sp³-hybridized carbons (Fsp3) is 0.0714. The molecule has 106 valence electrons. The molecule has 0 aliphatic rings. The fourth-order valence-electron chi connectivity index (χ4n) is 1.98. The summed E-state index contributed by atoms with van der Waals surface area (Å²) in [6.45, 7) is 0. The normalized spacial score (nSPS) is 10.7. The van der Waals surface area contributed by atoms with Crippen LogP contribution in [0.1, 0.15) is 11.1 Å². The number of aliphatic imine (C=N–C) groups is 1. The molecule has 1 heterocycles. The van der Waals surface area contributed by atoms with E-state index in [2.05, 4.69) is 9.98 Å². The van der Waals surface area contributed by atoms with Crippen LogP contribution in [0.4, 0.5) is 5.82 Å². The number of aromatic nitrogens is 1. The largest absolute Gasteiger partial charge is 0.504 e. The number of aromatic amines is 1. The maximum absolute atomic E-state index is 9.65. The Morgan fingerprint density at radius 1 is 1.38 bits per heavy atom. The van der Waals surface area contributed by atoms with Crippen molar-refractivity contribution in [1.29, 1.82) is 5.26 Å². The van der Waals surface area contributed by atoms with Gasteiger partial charge in [0.15, 0.2) is 11.5 Å². The van der Waals surface area contributed by atoms with Crippen LogP contribution in [0.2, 0.25) is 0 Å². The fourth-order valence-corrected chi connectivity index (χ4v) is 2.24. The van der Waals surface area contributed by atoms with Gasteiger partial charge in [-0.15, -0.1) is 0 Å². The number of aromatic hydroxyl groups is 2. The highest BCUT2D eigenvalue weighted by Crippen LogP contribution is 2.35. The number of hydrogen-bond acceptors (Lipinski definition) is 6. The second-order valence-electron chi connectivity index (χ2n) is 4.23. The molecule has 0 atom stereocenters. The molecule has 0 saturated heterocycles. The highest BCUT2D eigenvalue weighted by Gasteiger charge is 2.16. The molecule has 21 heavy (non-hydrogen) atoms. The number of nitrogen functional groups attached to an aromatic ring is 1. The van der Waals surface area contributed by atoms with E-state index in [1.165, 1.54) is 18.3 Å². The van der Waals surface area contributed by atoms with Crippen LogP contribution in [0, 0.1) is 16.0 Å². The zero-order valence-electron chi connectivity index (χ0n) is 11.1. The lowest BCUT2D eigenvalue weighted by Gasteiger charge is -2.12. The maximum atomic E-state index is 9.65. The Labute approximate surface area is 125 Å². The second-order valence-corrected chi connectivity index (χ2v) is 4.64. The standard InChI is InChI=1S/C14H12N4O2S/c1-17-6-9-12(7-2-3-10(19)11(20)4-7)8(5-15)14(21)18-13(9)16/h2-4,6,19-20H,1H3,(H3,16,18,21). The lowest BCUT2D eigenvalue weighted by molar-refractivity contribution is 0.404. The van der Waals surface area contributed by atoms with Crippen molar-refractivity contribution in [2.24, 2.45) is 4.99 Å². The van der Waals surface area contributed by atoms with Gasteiger partial charge in [0, 0.05) is 24.4 Å². The van der Waals surface area contributed by atoms with Gasteiger partial charge in [-0.1, -0.05) is 18.3 Å². The molecule has 0 bridgehead atoms. The van der Waals surface area contributed by atoms with E-state index in [0.29, 0.717) is 16.7 Å². The van der Waals surface area contributed by atoms with Gasteiger partial charge in [0.25, 0.3) is 0 Å². The monoisotopic (exact) mass is 300 g/mol. The molecule has 7 heteroatoms. The summed E-state index contributed by atoms with van der Waals surface area (Å²) in [4.78, 5) is 6.66. The smallest absolute Gasteiger partial charge is 0.158 e. The van der Waals surface area contributed by atoms with Gasteiger partial charge in [-0.25, -0.2) is 0 Å². The van der Waals surface area contributed by atoms with E-state index in [1.54, 1.807) is 13.1 Å². The van der Waals surface area contributed by atoms with Crippen molar-refractivity contribution in [2.45, 2.75) is 0 Å². The predicted octanol–water partition coefficient (Wildman–Crippen LogP) is 2.32. The highest BCUT2D eigenvalue weighted by atomic mass is 32.1. The van der Waals surface area contributed by atoms with Crippen molar-refractivity contribution in [3.05, 3.63) is 34.0 Å². The molecule has 0 aliphatic heterocycles. The summed E-state index contributed by atoms with van der Waals surface area (Å²) in [5.41, 5.74) is 7.58. The lowest BCUT2D eigenvalue weighted by atomic mass is 9.96. The van der Waals surface area contributed by atoms with Crippen LogP contribution in [-0.2, 0) is 0 Å². The Balaban J connectivity index is 2.91. The number of rotatable bonds is 2. The molecule has 2 rings (SSSR count). The minimum Gasteiger partial charge on any atom is -0.504 e. The number of phenolic OH excluding ortho intramolecular Hbond substituents is 2. The van der Waals surface area contributed by atoms with E-state index in [9.17, 15) is 15.5 Å². The van der Waals surface area contributed by atoms with Gasteiger partial charge in [-0.3, -0.25) is 4.99 Å². The van der Waals surface area contributed by atoms with Crippen molar-refractivity contribution in [1.82, 2.24) is 4.98 Å². The van der Waals surface area contributed by atoms with Crippen LogP contribution in [0.5, 0.6) is 11.5 Å². The number of anilines is 1. The van der Waals surface area contributed by atoms with E-state index in [0.717, 1.165) is 0 Å². The number of nitrogens with two attached hydrogens (primary N) is 1. The van der Waals surface area contributed by atoms with Gasteiger partial charge in [-0.05, 0) is 17.7 Å². The Morgan fingerprint density at radius 3 is 2.67 bits per heavy atom. The number of nitriles is 1. The van der Waals surface area contributed by atoms with E-state index in [1.807, 2.05) is 6.07 Å². The van der Waals surface area contributed by atoms with Crippen molar-refractivity contribution in [3.8, 4) is 28.7 Å².